The second-order valence-electron chi connectivity index (χ2n) is 5.75. The Bertz CT molecular complexity index is 695. The van der Waals surface area contributed by atoms with Gasteiger partial charge in [0.2, 0.25) is 0 Å². The van der Waals surface area contributed by atoms with Gasteiger partial charge >= 0.3 is 0 Å². The third-order valence-corrected chi connectivity index (χ3v) is 3.90. The molecule has 0 aliphatic carbocycles. The van der Waals surface area contributed by atoms with E-state index < -0.39 is 0 Å². The van der Waals surface area contributed by atoms with E-state index >= 15 is 0 Å². The van der Waals surface area contributed by atoms with Gasteiger partial charge in [-0.2, -0.15) is 0 Å². The van der Waals surface area contributed by atoms with Crippen LogP contribution >= 0.6 is 0 Å². The highest BCUT2D eigenvalue weighted by Gasteiger charge is 2.25. The summed E-state index contributed by atoms with van der Waals surface area (Å²) < 4.78 is 0. The Kier molecular flexibility index (Phi) is 3.84. The molecule has 110 valence electrons. The fraction of sp³-hybridized carbons (Fsp3) is 0.438. The summed E-state index contributed by atoms with van der Waals surface area (Å²) in [5, 5.41) is 0. The minimum Gasteiger partial charge on any atom is -0.311 e. The molecule has 21 heavy (non-hydrogen) atoms. The van der Waals surface area contributed by atoms with Crippen molar-refractivity contribution in [3.05, 3.63) is 57.5 Å². The quantitative estimate of drug-likeness (QED) is 0.933. The summed E-state index contributed by atoms with van der Waals surface area (Å²) >= 11 is 0. The van der Waals surface area contributed by atoms with Gasteiger partial charge in [0.15, 0.2) is 0 Å². The van der Waals surface area contributed by atoms with E-state index in [4.69, 9.17) is 0 Å². The second kappa shape index (κ2) is 5.77. The molecule has 2 aromatic rings. The first-order valence-corrected chi connectivity index (χ1v) is 7.33. The zero-order valence-corrected chi connectivity index (χ0v) is 12.5. The molecule has 1 fully saturated rings. The van der Waals surface area contributed by atoms with Crippen LogP contribution in [0, 0.1) is 13.8 Å². The number of aromatic nitrogens is 3. The van der Waals surface area contributed by atoms with E-state index in [0.29, 0.717) is 11.7 Å². The molecule has 0 saturated carbocycles. The summed E-state index contributed by atoms with van der Waals surface area (Å²) in [4.78, 5) is 25.7. The molecule has 0 bridgehead atoms. The van der Waals surface area contributed by atoms with Crippen LogP contribution in [0.1, 0.15) is 35.2 Å². The summed E-state index contributed by atoms with van der Waals surface area (Å²) in [7, 11) is 0. The minimum absolute atomic E-state index is 0.0590. The Hall–Kier alpha value is -2.01. The van der Waals surface area contributed by atoms with Gasteiger partial charge in [0.1, 0.15) is 5.82 Å². The van der Waals surface area contributed by atoms with Crippen molar-refractivity contribution in [2.75, 3.05) is 13.1 Å². The van der Waals surface area contributed by atoms with Gasteiger partial charge in [-0.25, -0.2) is 4.98 Å². The molecule has 1 unspecified atom stereocenters. The predicted molar refractivity (Wildman–Crippen MR) is 81.2 cm³/mol. The average Bonchev–Trinajstić information content (AvgIpc) is 2.86. The topological polar surface area (TPSA) is 61.9 Å². The number of aromatic amines is 1. The number of aryl methyl sites for hydroxylation is 2. The van der Waals surface area contributed by atoms with Gasteiger partial charge in [-0.05, 0) is 38.9 Å². The molecule has 1 aliphatic rings. The summed E-state index contributed by atoms with van der Waals surface area (Å²) in [6, 6.07) is 7.76. The van der Waals surface area contributed by atoms with Crippen molar-refractivity contribution in [1.82, 2.24) is 19.9 Å². The molecule has 5 nitrogen and oxygen atoms in total. The molecule has 0 amide bonds. The molecule has 0 spiro atoms. The lowest BCUT2D eigenvalue weighted by Gasteiger charge is -2.15. The highest BCUT2D eigenvalue weighted by atomic mass is 16.1. The van der Waals surface area contributed by atoms with E-state index in [-0.39, 0.29) is 5.56 Å². The van der Waals surface area contributed by atoms with Gasteiger partial charge in [-0.1, -0.05) is 6.07 Å². The molecular weight excluding hydrogens is 264 g/mol. The van der Waals surface area contributed by atoms with Crippen LogP contribution in [0.25, 0.3) is 0 Å². The molecule has 3 rings (SSSR count). The molecule has 0 aromatic carbocycles. The predicted octanol–water partition coefficient (Wildman–Crippen LogP) is 1.77. The molecule has 1 atom stereocenters. The SMILES string of the molecule is Cc1cccc(CN2CCC(c3cc(=O)[nH]c(C)n3)C2)n1. The normalized spacial score (nSPS) is 19.0. The molecule has 5 heteroatoms. The lowest BCUT2D eigenvalue weighted by molar-refractivity contribution is 0.322. The van der Waals surface area contributed by atoms with Crippen molar-refractivity contribution in [1.29, 1.82) is 0 Å². The van der Waals surface area contributed by atoms with E-state index in [0.717, 1.165) is 43.1 Å². The molecule has 1 aliphatic heterocycles. The third-order valence-electron chi connectivity index (χ3n) is 3.90. The monoisotopic (exact) mass is 284 g/mol. The maximum Gasteiger partial charge on any atom is 0.251 e. The molecular formula is C16H20N4O. The Morgan fingerprint density at radius 2 is 2.19 bits per heavy atom. The first kappa shape index (κ1) is 13.9. The summed E-state index contributed by atoms with van der Waals surface area (Å²) in [5.41, 5.74) is 3.01. The number of H-pyrrole nitrogens is 1. The molecule has 1 saturated heterocycles. The standard InChI is InChI=1S/C16H20N4O/c1-11-4-3-5-14(17-11)10-20-7-6-13(9-20)15-8-16(21)19-12(2)18-15/h3-5,8,13H,6-7,9-10H2,1-2H3,(H,18,19,21). The van der Waals surface area contributed by atoms with E-state index in [9.17, 15) is 4.79 Å². The Labute approximate surface area is 124 Å². The number of hydrogen-bond donors (Lipinski definition) is 1. The maximum absolute atomic E-state index is 11.6. The van der Waals surface area contributed by atoms with Gasteiger partial charge in [0.05, 0.1) is 11.4 Å². The maximum atomic E-state index is 11.6. The highest BCUT2D eigenvalue weighted by Crippen LogP contribution is 2.26. The lowest BCUT2D eigenvalue weighted by Crippen LogP contribution is -2.21. The van der Waals surface area contributed by atoms with Crippen LogP contribution in [0.5, 0.6) is 0 Å². The number of nitrogens with zero attached hydrogens (tertiary/aromatic N) is 3. The van der Waals surface area contributed by atoms with Crippen LogP contribution in [-0.2, 0) is 6.54 Å². The van der Waals surface area contributed by atoms with Crippen molar-refractivity contribution in [2.45, 2.75) is 32.7 Å². The fourth-order valence-electron chi connectivity index (χ4n) is 2.95. The van der Waals surface area contributed by atoms with Crippen LogP contribution in [0.4, 0.5) is 0 Å². The number of pyridine rings is 1. The van der Waals surface area contributed by atoms with E-state index in [1.165, 1.54) is 0 Å². The Balaban J connectivity index is 1.69. The third kappa shape index (κ3) is 3.36. The van der Waals surface area contributed by atoms with E-state index in [1.807, 2.05) is 26.0 Å². The van der Waals surface area contributed by atoms with Gasteiger partial charge in [-0.15, -0.1) is 0 Å². The zero-order chi connectivity index (χ0) is 14.8. The fourth-order valence-corrected chi connectivity index (χ4v) is 2.95. The largest absolute Gasteiger partial charge is 0.311 e. The number of rotatable bonds is 3. The van der Waals surface area contributed by atoms with Crippen LogP contribution in [0.15, 0.2) is 29.1 Å². The van der Waals surface area contributed by atoms with Crippen molar-refractivity contribution in [3.8, 4) is 0 Å². The first-order valence-electron chi connectivity index (χ1n) is 7.33. The minimum atomic E-state index is -0.0590. The molecule has 0 radical (unpaired) electrons. The van der Waals surface area contributed by atoms with Crippen LogP contribution < -0.4 is 5.56 Å². The average molecular weight is 284 g/mol. The summed E-state index contributed by atoms with van der Waals surface area (Å²) in [5.74, 6) is 1.03. The number of likely N-dealkylation sites (tertiary alicyclic amines) is 1. The van der Waals surface area contributed by atoms with E-state index in [1.54, 1.807) is 6.07 Å². The van der Waals surface area contributed by atoms with Gasteiger partial charge in [0, 0.05) is 30.8 Å². The van der Waals surface area contributed by atoms with Gasteiger partial charge in [0.25, 0.3) is 5.56 Å². The van der Waals surface area contributed by atoms with Crippen molar-refractivity contribution < 1.29 is 0 Å². The smallest absolute Gasteiger partial charge is 0.251 e. The van der Waals surface area contributed by atoms with Crippen molar-refractivity contribution in [2.24, 2.45) is 0 Å². The molecule has 2 aromatic heterocycles. The van der Waals surface area contributed by atoms with Gasteiger partial charge < -0.3 is 4.98 Å². The Morgan fingerprint density at radius 1 is 1.33 bits per heavy atom. The van der Waals surface area contributed by atoms with Crippen LogP contribution in [0.3, 0.4) is 0 Å². The molecule has 1 N–H and O–H groups in total. The van der Waals surface area contributed by atoms with Crippen LogP contribution in [-0.4, -0.2) is 32.9 Å². The second-order valence-corrected chi connectivity index (χ2v) is 5.75. The number of nitrogens with one attached hydrogen (secondary N) is 1. The highest BCUT2D eigenvalue weighted by molar-refractivity contribution is 5.13. The first-order chi connectivity index (χ1) is 10.1. The molecule has 3 heterocycles. The Morgan fingerprint density at radius 3 is 2.95 bits per heavy atom. The summed E-state index contributed by atoms with van der Waals surface area (Å²) in [6.07, 6.45) is 1.04. The number of hydrogen-bond acceptors (Lipinski definition) is 4. The van der Waals surface area contributed by atoms with Crippen molar-refractivity contribution >= 4 is 0 Å². The zero-order valence-electron chi connectivity index (χ0n) is 12.5. The van der Waals surface area contributed by atoms with Crippen LogP contribution in [0.2, 0.25) is 0 Å². The lowest BCUT2D eigenvalue weighted by atomic mass is 10.0. The van der Waals surface area contributed by atoms with E-state index in [2.05, 4.69) is 25.9 Å². The van der Waals surface area contributed by atoms with Crippen molar-refractivity contribution in [3.63, 3.8) is 0 Å². The van der Waals surface area contributed by atoms with Gasteiger partial charge in [-0.3, -0.25) is 14.7 Å². The summed E-state index contributed by atoms with van der Waals surface area (Å²) in [6.45, 7) is 6.66.